The number of alkyl carbamates (subject to hydrolysis) is 1. The van der Waals surface area contributed by atoms with E-state index in [9.17, 15) is 38.4 Å². The molecule has 3 atom stereocenters. The van der Waals surface area contributed by atoms with Gasteiger partial charge in [0.05, 0.1) is 22.3 Å². The Labute approximate surface area is 605 Å². The smallest absolute Gasteiger partial charge is 0.407 e. The number of unbranched alkanes of at least 4 members (excludes halogenated alkanes) is 1. The summed E-state index contributed by atoms with van der Waals surface area (Å²) in [6.45, 7) is 12.7. The lowest BCUT2D eigenvalue weighted by molar-refractivity contribution is 0.0525. The molecule has 4 aliphatic rings. The average molecular weight is 1430 g/mol. The first-order valence-electron chi connectivity index (χ1n) is 34.6. The van der Waals surface area contributed by atoms with Crippen LogP contribution in [0.4, 0.5) is 4.79 Å². The van der Waals surface area contributed by atoms with Crippen LogP contribution in [0.25, 0.3) is 0 Å². The highest BCUT2D eigenvalue weighted by atomic mass is 32.2. The zero-order valence-corrected chi connectivity index (χ0v) is 60.2. The number of benzene rings is 6. The Morgan fingerprint density at radius 2 is 0.922 bits per heavy atom. The molecule has 3 unspecified atom stereocenters. The van der Waals surface area contributed by atoms with E-state index in [1.807, 2.05) is 65.6 Å². The van der Waals surface area contributed by atoms with E-state index in [0.717, 1.165) is 11.1 Å². The van der Waals surface area contributed by atoms with Gasteiger partial charge in [-0.05, 0) is 125 Å². The molecule has 1 saturated heterocycles. The molecule has 10 rings (SSSR count). The Kier molecular flexibility index (Phi) is 28.3. The van der Waals surface area contributed by atoms with Crippen LogP contribution < -0.4 is 52.0 Å². The molecule has 4 heterocycles. The largest absolute Gasteiger partial charge is 0.487 e. The topological polar surface area (TPSA) is 291 Å². The first kappa shape index (κ1) is 76.4. The number of nitrogens with one attached hydrogen (secondary N) is 8. The van der Waals surface area contributed by atoms with E-state index in [1.54, 1.807) is 107 Å². The fourth-order valence-electron chi connectivity index (χ4n) is 12.1. The van der Waals surface area contributed by atoms with Gasteiger partial charge in [-0.1, -0.05) is 109 Å². The molecule has 540 valence electrons. The SMILES string of the molecule is Cc1c2cccc1C(=O)NCCN1CCNC(=O)c3cccc(c3OCc3ccccc3)C(=O)NCCN(CCNC2=O)CCNC(=O)c2cccc(c2C)C(=O)NCCN(CC(CCCCNC(=O)OC(C)(C)C)NC(=O)c2cccc(C(=O)N3CCSC3=S)c2OCc2ccccc2)CC1. The van der Waals surface area contributed by atoms with Gasteiger partial charge in [-0.2, -0.15) is 0 Å². The third-order valence-corrected chi connectivity index (χ3v) is 19.0. The van der Waals surface area contributed by atoms with Crippen LogP contribution in [0, 0.1) is 13.8 Å². The molecule has 24 nitrogen and oxygen atoms in total. The van der Waals surface area contributed by atoms with Crippen molar-refractivity contribution in [2.75, 3.05) is 117 Å². The molecule has 0 spiro atoms. The van der Waals surface area contributed by atoms with Crippen LogP contribution >= 0.6 is 24.0 Å². The minimum Gasteiger partial charge on any atom is -0.487 e. The molecular formula is C76H92N12O12S2. The number of hydrogen-bond acceptors (Lipinski definition) is 17. The zero-order chi connectivity index (χ0) is 72.5. The number of thioether (sulfide) groups is 1. The highest BCUT2D eigenvalue weighted by Gasteiger charge is 2.32. The van der Waals surface area contributed by atoms with Crippen LogP contribution in [0.3, 0.4) is 0 Å². The van der Waals surface area contributed by atoms with Gasteiger partial charge in [-0.25, -0.2) is 4.79 Å². The lowest BCUT2D eigenvalue weighted by Gasteiger charge is -2.31. The molecule has 0 saturated carbocycles. The summed E-state index contributed by atoms with van der Waals surface area (Å²) in [5.41, 5.74) is 3.54. The zero-order valence-electron chi connectivity index (χ0n) is 58.5. The van der Waals surface area contributed by atoms with Crippen molar-refractivity contribution in [3.63, 3.8) is 0 Å². The van der Waals surface area contributed by atoms with Gasteiger partial charge < -0.3 is 56.7 Å². The lowest BCUT2D eigenvalue weighted by atomic mass is 10.0. The van der Waals surface area contributed by atoms with Crippen molar-refractivity contribution in [3.8, 4) is 11.5 Å². The van der Waals surface area contributed by atoms with Gasteiger partial charge in [-0.15, -0.1) is 0 Å². The van der Waals surface area contributed by atoms with Crippen molar-refractivity contribution in [1.29, 1.82) is 0 Å². The molecule has 102 heavy (non-hydrogen) atoms. The van der Waals surface area contributed by atoms with Gasteiger partial charge in [0.1, 0.15) is 34.6 Å². The number of thiocarbonyl (C=S) groups is 1. The molecule has 9 amide bonds. The molecule has 26 heteroatoms. The van der Waals surface area contributed by atoms with E-state index < -0.39 is 65.0 Å². The van der Waals surface area contributed by atoms with Crippen molar-refractivity contribution in [2.45, 2.75) is 78.7 Å². The lowest BCUT2D eigenvalue weighted by Crippen LogP contribution is -2.49. The molecule has 4 aliphatic heterocycles. The van der Waals surface area contributed by atoms with Crippen LogP contribution in [-0.4, -0.2) is 206 Å². The molecule has 0 radical (unpaired) electrons. The first-order chi connectivity index (χ1) is 49.2. The fourth-order valence-corrected chi connectivity index (χ4v) is 13.3. The number of fused-ring (bicyclic) bond motifs is 21. The monoisotopic (exact) mass is 1430 g/mol. The summed E-state index contributed by atoms with van der Waals surface area (Å²) >= 11 is 6.99. The third kappa shape index (κ3) is 22.1. The van der Waals surface area contributed by atoms with Gasteiger partial charge >= 0.3 is 6.09 Å². The predicted octanol–water partition coefficient (Wildman–Crippen LogP) is 7.14. The van der Waals surface area contributed by atoms with Crippen molar-refractivity contribution in [3.05, 3.63) is 200 Å². The Morgan fingerprint density at radius 3 is 1.38 bits per heavy atom. The van der Waals surface area contributed by atoms with Crippen molar-refractivity contribution in [1.82, 2.24) is 62.1 Å². The second kappa shape index (κ2) is 37.8. The van der Waals surface area contributed by atoms with Crippen LogP contribution in [0.1, 0.15) is 145 Å². The number of nitrogens with zero attached hydrogens (tertiary/aromatic N) is 4. The van der Waals surface area contributed by atoms with E-state index in [-0.39, 0.29) is 143 Å². The Bertz CT molecular complexity index is 3970. The van der Waals surface area contributed by atoms with Crippen molar-refractivity contribution >= 4 is 81.7 Å². The van der Waals surface area contributed by atoms with E-state index in [2.05, 4.69) is 52.3 Å². The van der Waals surface area contributed by atoms with Gasteiger partial charge in [-0.3, -0.25) is 58.0 Å². The van der Waals surface area contributed by atoms with Gasteiger partial charge in [0.25, 0.3) is 47.3 Å². The van der Waals surface area contributed by atoms with Gasteiger partial charge in [0.2, 0.25) is 0 Å². The maximum Gasteiger partial charge on any atom is 0.407 e. The van der Waals surface area contributed by atoms with E-state index in [1.165, 1.54) is 16.7 Å². The normalized spacial score (nSPS) is 17.7. The summed E-state index contributed by atoms with van der Waals surface area (Å²) in [5, 5.41) is 24.4. The highest BCUT2D eigenvalue weighted by molar-refractivity contribution is 8.23. The number of para-hydroxylation sites is 2. The van der Waals surface area contributed by atoms with Crippen molar-refractivity contribution in [2.24, 2.45) is 0 Å². The van der Waals surface area contributed by atoms with Gasteiger partial charge in [0.15, 0.2) is 0 Å². The molecule has 8 bridgehead atoms. The quantitative estimate of drug-likeness (QED) is 0.0353. The van der Waals surface area contributed by atoms with Crippen LogP contribution in [0.15, 0.2) is 133 Å². The Balaban J connectivity index is 1.08. The van der Waals surface area contributed by atoms with Crippen LogP contribution in [0.5, 0.6) is 11.5 Å². The molecule has 0 aromatic heterocycles. The second-order valence-corrected chi connectivity index (χ2v) is 27.8. The third-order valence-electron chi connectivity index (χ3n) is 17.6. The number of hydrogen-bond donors (Lipinski definition) is 8. The highest BCUT2D eigenvalue weighted by Crippen LogP contribution is 2.31. The minimum absolute atomic E-state index is 0.0413. The summed E-state index contributed by atoms with van der Waals surface area (Å²) < 4.78 is 18.8. The van der Waals surface area contributed by atoms with E-state index >= 15 is 4.79 Å². The number of amides is 9. The molecule has 0 aliphatic carbocycles. The summed E-state index contributed by atoms with van der Waals surface area (Å²) in [6.07, 6.45) is 0.833. The predicted molar refractivity (Wildman–Crippen MR) is 396 cm³/mol. The average Bonchev–Trinajstić information content (AvgIpc) is 1.66. The first-order valence-corrected chi connectivity index (χ1v) is 36.0. The Morgan fingerprint density at radius 1 is 0.500 bits per heavy atom. The van der Waals surface area contributed by atoms with Crippen molar-refractivity contribution < 1.29 is 57.4 Å². The molecule has 8 N–H and O–H groups in total. The number of carbonyl (C=O) groups is 9. The summed E-state index contributed by atoms with van der Waals surface area (Å²) in [5.74, 6) is -2.78. The standard InChI is InChI=1S/C76H92N12O12S2/c1-51-56-23-14-25-58(51)68(91)79-35-41-86-42-36-82-71(94)61-28-16-27-60(64(61)98-49-53-18-8-6-9-19-53)70(93)81-34-40-85(38-32-77-66(56)89)39-33-78-67(90)57-24-15-26-59(52(57)2)69(92)80-37-43-87(45-44-86)48-55(22-12-13-31-83-74(97)100-76(3,4)5)84-72(95)62-29-17-30-63(73(96)88-46-47-102-75(88)101)65(62)99-50-54-20-10-7-11-21-54/h6-11,14-21,23-30,55H,12-13,22,31-50H2,1-5H3,(H,77,89)(H,78,90)(H,79,91)(H,80,92)(H,81,93)(H,82,94)(H,83,97)(H,84,95). The molecular weight excluding hydrogens is 1340 g/mol. The summed E-state index contributed by atoms with van der Waals surface area (Å²) in [4.78, 5) is 136. The number of ether oxygens (including phenoxy) is 3. The minimum atomic E-state index is -0.719. The number of rotatable bonds is 16. The maximum absolute atomic E-state index is 15.2. The molecule has 6 aromatic rings. The summed E-state index contributed by atoms with van der Waals surface area (Å²) in [7, 11) is 0. The molecule has 6 aromatic carbocycles. The molecule has 1 fully saturated rings. The Hall–Kier alpha value is -9.73. The number of carbonyl (C=O) groups excluding carboxylic acids is 9. The summed E-state index contributed by atoms with van der Waals surface area (Å²) in [6, 6.07) is 37.8. The van der Waals surface area contributed by atoms with Gasteiger partial charge in [0, 0.05) is 145 Å². The van der Waals surface area contributed by atoms with Crippen LogP contribution in [0.2, 0.25) is 0 Å². The fraction of sp³-hybridized carbons (Fsp3) is 0.395. The van der Waals surface area contributed by atoms with E-state index in [0.29, 0.717) is 77.8 Å². The van der Waals surface area contributed by atoms with Crippen LogP contribution in [-0.2, 0) is 18.0 Å². The second-order valence-electron chi connectivity index (χ2n) is 26.1. The maximum atomic E-state index is 15.2. The van der Waals surface area contributed by atoms with E-state index in [4.69, 9.17) is 26.4 Å².